The highest BCUT2D eigenvalue weighted by atomic mass is 79.9. The average Bonchev–Trinajstić information content (AvgIpc) is 2.59. The van der Waals surface area contributed by atoms with Gasteiger partial charge in [0.05, 0.1) is 11.1 Å². The Morgan fingerprint density at radius 3 is 2.20 bits per heavy atom. The van der Waals surface area contributed by atoms with E-state index >= 15 is 0 Å². The quantitative estimate of drug-likeness (QED) is 0.333. The lowest BCUT2D eigenvalue weighted by Crippen LogP contribution is -2.29. The normalized spacial score (nSPS) is 11.3. The molecule has 1 aromatic rings. The third-order valence-corrected chi connectivity index (χ3v) is 5.22. The number of rotatable bonds is 14. The van der Waals surface area contributed by atoms with Crippen LogP contribution in [-0.4, -0.2) is 37.7 Å². The van der Waals surface area contributed by atoms with Crippen LogP contribution in [0.15, 0.2) is 21.1 Å². The largest absolute Gasteiger partial charge is 0.492 e. The van der Waals surface area contributed by atoms with Crippen molar-refractivity contribution in [2.75, 3.05) is 32.8 Å². The van der Waals surface area contributed by atoms with Crippen LogP contribution < -0.4 is 10.1 Å². The SMILES string of the molecule is CCCCN(CCCC)CCCNCc1cc(Br)cc(Br)c1OCC. The molecule has 0 aliphatic rings. The molecule has 0 aromatic heterocycles. The van der Waals surface area contributed by atoms with E-state index in [4.69, 9.17) is 4.74 Å². The molecule has 25 heavy (non-hydrogen) atoms. The van der Waals surface area contributed by atoms with Crippen molar-refractivity contribution in [2.45, 2.75) is 59.4 Å². The lowest BCUT2D eigenvalue weighted by atomic mass is 10.2. The van der Waals surface area contributed by atoms with E-state index in [9.17, 15) is 0 Å². The topological polar surface area (TPSA) is 24.5 Å². The number of nitrogens with zero attached hydrogens (tertiary/aromatic N) is 1. The maximum absolute atomic E-state index is 5.79. The van der Waals surface area contributed by atoms with Crippen LogP contribution in [0.1, 0.15) is 58.4 Å². The summed E-state index contributed by atoms with van der Waals surface area (Å²) in [6.07, 6.45) is 6.35. The Balaban J connectivity index is 2.41. The number of hydrogen-bond donors (Lipinski definition) is 1. The molecule has 0 bridgehead atoms. The molecule has 0 amide bonds. The average molecular weight is 478 g/mol. The summed E-state index contributed by atoms with van der Waals surface area (Å²) in [6.45, 7) is 12.8. The summed E-state index contributed by atoms with van der Waals surface area (Å²) in [5.74, 6) is 0.950. The van der Waals surface area contributed by atoms with Crippen LogP contribution in [0.4, 0.5) is 0 Å². The first-order chi connectivity index (χ1) is 12.1. The van der Waals surface area contributed by atoms with Gasteiger partial charge in [-0.15, -0.1) is 0 Å². The van der Waals surface area contributed by atoms with Gasteiger partial charge in [-0.25, -0.2) is 0 Å². The van der Waals surface area contributed by atoms with Gasteiger partial charge < -0.3 is 15.0 Å². The van der Waals surface area contributed by atoms with Crippen molar-refractivity contribution < 1.29 is 4.74 Å². The van der Waals surface area contributed by atoms with Gasteiger partial charge >= 0.3 is 0 Å². The lowest BCUT2D eigenvalue weighted by molar-refractivity contribution is 0.261. The molecular formula is C20H34Br2N2O. The van der Waals surface area contributed by atoms with Crippen molar-refractivity contribution >= 4 is 31.9 Å². The smallest absolute Gasteiger partial charge is 0.138 e. The molecule has 0 fully saturated rings. The minimum atomic E-state index is 0.678. The monoisotopic (exact) mass is 476 g/mol. The van der Waals surface area contributed by atoms with E-state index in [0.717, 1.165) is 27.8 Å². The van der Waals surface area contributed by atoms with Crippen LogP contribution in [0.3, 0.4) is 0 Å². The fourth-order valence-electron chi connectivity index (χ4n) is 2.80. The van der Waals surface area contributed by atoms with E-state index in [1.54, 1.807) is 0 Å². The van der Waals surface area contributed by atoms with E-state index in [2.05, 4.69) is 62.0 Å². The summed E-state index contributed by atoms with van der Waals surface area (Å²) >= 11 is 7.17. The maximum atomic E-state index is 5.79. The summed E-state index contributed by atoms with van der Waals surface area (Å²) in [5, 5.41) is 3.57. The van der Waals surface area contributed by atoms with Crippen molar-refractivity contribution in [1.82, 2.24) is 10.2 Å². The van der Waals surface area contributed by atoms with Crippen molar-refractivity contribution in [3.05, 3.63) is 26.6 Å². The van der Waals surface area contributed by atoms with Crippen LogP contribution in [0, 0.1) is 0 Å². The molecule has 0 heterocycles. The molecule has 1 rings (SSSR count). The Kier molecular flexibility index (Phi) is 12.9. The highest BCUT2D eigenvalue weighted by molar-refractivity contribution is 9.11. The van der Waals surface area contributed by atoms with Gasteiger partial charge in [0.25, 0.3) is 0 Å². The Morgan fingerprint density at radius 1 is 0.960 bits per heavy atom. The molecule has 1 N–H and O–H groups in total. The Bertz CT molecular complexity index is 475. The van der Waals surface area contributed by atoms with Gasteiger partial charge in [-0.05, 0) is 80.4 Å². The fourth-order valence-corrected chi connectivity index (χ4v) is 4.23. The van der Waals surface area contributed by atoms with Gasteiger partial charge in [0.2, 0.25) is 0 Å². The maximum Gasteiger partial charge on any atom is 0.138 e. The van der Waals surface area contributed by atoms with Crippen molar-refractivity contribution in [3.8, 4) is 5.75 Å². The van der Waals surface area contributed by atoms with Crippen molar-refractivity contribution in [2.24, 2.45) is 0 Å². The molecule has 5 heteroatoms. The fraction of sp³-hybridized carbons (Fsp3) is 0.700. The van der Waals surface area contributed by atoms with E-state index in [1.807, 2.05) is 13.0 Å². The van der Waals surface area contributed by atoms with Gasteiger partial charge in [-0.3, -0.25) is 0 Å². The second-order valence-electron chi connectivity index (χ2n) is 6.39. The van der Waals surface area contributed by atoms with Crippen LogP contribution in [0.25, 0.3) is 0 Å². The molecule has 0 aliphatic heterocycles. The zero-order valence-corrected chi connectivity index (χ0v) is 19.2. The predicted molar refractivity (Wildman–Crippen MR) is 116 cm³/mol. The second-order valence-corrected chi connectivity index (χ2v) is 8.16. The number of unbranched alkanes of at least 4 members (excludes halogenated alkanes) is 2. The van der Waals surface area contributed by atoms with Crippen LogP contribution in [-0.2, 0) is 6.54 Å². The third kappa shape index (κ3) is 9.41. The summed E-state index contributed by atoms with van der Waals surface area (Å²) in [6, 6.07) is 4.17. The second kappa shape index (κ2) is 14.0. The molecule has 0 saturated heterocycles. The van der Waals surface area contributed by atoms with Gasteiger partial charge in [-0.2, -0.15) is 0 Å². The number of hydrogen-bond acceptors (Lipinski definition) is 3. The minimum Gasteiger partial charge on any atom is -0.492 e. The van der Waals surface area contributed by atoms with Crippen molar-refractivity contribution in [1.29, 1.82) is 0 Å². The number of nitrogens with one attached hydrogen (secondary N) is 1. The number of halogens is 2. The van der Waals surface area contributed by atoms with E-state index in [1.165, 1.54) is 57.3 Å². The molecule has 0 atom stereocenters. The molecular weight excluding hydrogens is 444 g/mol. The first kappa shape index (κ1) is 22.9. The van der Waals surface area contributed by atoms with Crippen LogP contribution >= 0.6 is 31.9 Å². The molecule has 144 valence electrons. The highest BCUT2D eigenvalue weighted by Crippen LogP contribution is 2.32. The number of benzene rings is 1. The highest BCUT2D eigenvalue weighted by Gasteiger charge is 2.10. The molecule has 3 nitrogen and oxygen atoms in total. The molecule has 0 unspecified atom stereocenters. The molecule has 0 aliphatic carbocycles. The molecule has 0 saturated carbocycles. The Hall–Kier alpha value is -0.100. The molecule has 0 spiro atoms. The summed E-state index contributed by atoms with van der Waals surface area (Å²) < 4.78 is 7.87. The van der Waals surface area contributed by atoms with Gasteiger partial charge in [-0.1, -0.05) is 42.6 Å². The summed E-state index contributed by atoms with van der Waals surface area (Å²) in [7, 11) is 0. The molecule has 1 aromatic carbocycles. The Morgan fingerprint density at radius 2 is 1.60 bits per heavy atom. The van der Waals surface area contributed by atoms with Gasteiger partial charge in [0, 0.05) is 16.6 Å². The summed E-state index contributed by atoms with van der Waals surface area (Å²) in [5.41, 5.74) is 1.19. The van der Waals surface area contributed by atoms with Gasteiger partial charge in [0.1, 0.15) is 5.75 Å². The predicted octanol–water partition coefficient (Wildman–Crippen LogP) is 5.99. The van der Waals surface area contributed by atoms with E-state index < -0.39 is 0 Å². The van der Waals surface area contributed by atoms with Crippen LogP contribution in [0.5, 0.6) is 5.75 Å². The molecule has 0 radical (unpaired) electrons. The number of ether oxygens (including phenoxy) is 1. The lowest BCUT2D eigenvalue weighted by Gasteiger charge is -2.22. The zero-order chi connectivity index (χ0) is 18.5. The van der Waals surface area contributed by atoms with E-state index in [-0.39, 0.29) is 0 Å². The van der Waals surface area contributed by atoms with Gasteiger partial charge in [0.15, 0.2) is 0 Å². The minimum absolute atomic E-state index is 0.678. The Labute approximate surface area is 171 Å². The first-order valence-corrected chi connectivity index (χ1v) is 11.2. The third-order valence-electron chi connectivity index (χ3n) is 4.17. The van der Waals surface area contributed by atoms with Crippen LogP contribution in [0.2, 0.25) is 0 Å². The standard InChI is InChI=1S/C20H34Br2N2O/c1-4-7-11-24(12-8-5-2)13-9-10-23-16-17-14-18(21)15-19(22)20(17)25-6-3/h14-15,23H,4-13,16H2,1-3H3. The zero-order valence-electron chi connectivity index (χ0n) is 16.0. The van der Waals surface area contributed by atoms with Crippen molar-refractivity contribution in [3.63, 3.8) is 0 Å². The summed E-state index contributed by atoms with van der Waals surface area (Å²) in [4.78, 5) is 2.62. The first-order valence-electron chi connectivity index (χ1n) is 9.66. The van der Waals surface area contributed by atoms with E-state index in [0.29, 0.717) is 6.61 Å².